The van der Waals surface area contributed by atoms with Gasteiger partial charge in [0.2, 0.25) is 0 Å². The van der Waals surface area contributed by atoms with Crippen molar-refractivity contribution in [3.8, 4) is 5.75 Å². The molecule has 3 rings (SSSR count). The van der Waals surface area contributed by atoms with E-state index in [1.54, 1.807) is 12.1 Å². The minimum absolute atomic E-state index is 0.0610. The van der Waals surface area contributed by atoms with Crippen LogP contribution in [0.3, 0.4) is 0 Å². The number of amides is 1. The van der Waals surface area contributed by atoms with E-state index in [0.717, 1.165) is 25.1 Å². The van der Waals surface area contributed by atoms with Crippen LogP contribution in [0, 0.1) is 0 Å². The maximum atomic E-state index is 12.1. The van der Waals surface area contributed by atoms with E-state index >= 15 is 0 Å². The number of benzene rings is 1. The van der Waals surface area contributed by atoms with Gasteiger partial charge in [-0.15, -0.1) is 0 Å². The summed E-state index contributed by atoms with van der Waals surface area (Å²) in [5.41, 5.74) is 3.36. The number of fused-ring (bicyclic) bond motifs is 1. The van der Waals surface area contributed by atoms with E-state index in [1.807, 2.05) is 29.9 Å². The maximum absolute atomic E-state index is 12.1. The average Bonchev–Trinajstić information content (AvgIpc) is 2.99. The molecule has 5 heteroatoms. The highest BCUT2D eigenvalue weighted by atomic mass is 16.5. The zero-order valence-electron chi connectivity index (χ0n) is 13.5. The number of rotatable bonds is 6. The summed E-state index contributed by atoms with van der Waals surface area (Å²) in [5, 5.41) is 7.40. The van der Waals surface area contributed by atoms with Crippen LogP contribution < -0.4 is 10.1 Å². The molecule has 0 radical (unpaired) electrons. The zero-order valence-corrected chi connectivity index (χ0v) is 13.5. The van der Waals surface area contributed by atoms with Crippen molar-refractivity contribution in [1.29, 1.82) is 0 Å². The molecule has 1 heterocycles. The van der Waals surface area contributed by atoms with Gasteiger partial charge in [-0.25, -0.2) is 0 Å². The van der Waals surface area contributed by atoms with Gasteiger partial charge in [-0.1, -0.05) is 0 Å². The van der Waals surface area contributed by atoms with E-state index in [2.05, 4.69) is 10.4 Å². The van der Waals surface area contributed by atoms with Gasteiger partial charge in [-0.2, -0.15) is 5.10 Å². The van der Waals surface area contributed by atoms with E-state index in [0.29, 0.717) is 18.7 Å². The average molecular weight is 313 g/mol. The van der Waals surface area contributed by atoms with Crippen LogP contribution in [0.1, 0.15) is 41.4 Å². The van der Waals surface area contributed by atoms with Crippen molar-refractivity contribution >= 4 is 5.91 Å². The monoisotopic (exact) mass is 313 g/mol. The summed E-state index contributed by atoms with van der Waals surface area (Å²) in [7, 11) is 0. The van der Waals surface area contributed by atoms with E-state index in [1.165, 1.54) is 24.1 Å². The van der Waals surface area contributed by atoms with Gasteiger partial charge in [-0.05, 0) is 62.4 Å². The van der Waals surface area contributed by atoms with E-state index in [4.69, 9.17) is 4.74 Å². The number of aromatic nitrogens is 2. The molecule has 1 aliphatic rings. The highest BCUT2D eigenvalue weighted by molar-refractivity contribution is 5.94. The van der Waals surface area contributed by atoms with Crippen LogP contribution in [0.5, 0.6) is 5.75 Å². The first kappa shape index (κ1) is 15.6. The molecule has 1 N–H and O–H groups in total. The van der Waals surface area contributed by atoms with Gasteiger partial charge in [0, 0.05) is 17.8 Å². The first-order valence-electron chi connectivity index (χ1n) is 8.32. The SMILES string of the molecule is CCOc1ccc(C(=O)NCCn2ncc3c2CCCC3)cc1. The standard InChI is InChI=1S/C18H23N3O2/c1-2-23-16-9-7-14(8-10-16)18(22)19-11-12-21-17-6-4-3-5-15(17)13-20-21/h7-10,13H,2-6,11-12H2,1H3,(H,19,22). The van der Waals surface area contributed by atoms with Crippen LogP contribution in [0.25, 0.3) is 0 Å². The molecule has 1 aromatic carbocycles. The van der Waals surface area contributed by atoms with Crippen molar-refractivity contribution in [2.45, 2.75) is 39.2 Å². The van der Waals surface area contributed by atoms with Gasteiger partial charge in [0.05, 0.1) is 19.3 Å². The zero-order chi connectivity index (χ0) is 16.1. The molecule has 2 aromatic rings. The largest absolute Gasteiger partial charge is 0.494 e. The Bertz CT molecular complexity index is 661. The summed E-state index contributed by atoms with van der Waals surface area (Å²) in [6, 6.07) is 7.22. The van der Waals surface area contributed by atoms with Gasteiger partial charge in [-0.3, -0.25) is 9.48 Å². The summed E-state index contributed by atoms with van der Waals surface area (Å²) >= 11 is 0. The lowest BCUT2D eigenvalue weighted by Gasteiger charge is -2.14. The van der Waals surface area contributed by atoms with Gasteiger partial charge in [0.1, 0.15) is 5.75 Å². The fraction of sp³-hybridized carbons (Fsp3) is 0.444. The lowest BCUT2D eigenvalue weighted by molar-refractivity contribution is 0.0952. The van der Waals surface area contributed by atoms with Crippen LogP contribution in [-0.2, 0) is 19.4 Å². The smallest absolute Gasteiger partial charge is 0.251 e. The number of nitrogens with one attached hydrogen (secondary N) is 1. The van der Waals surface area contributed by atoms with Gasteiger partial charge >= 0.3 is 0 Å². The maximum Gasteiger partial charge on any atom is 0.251 e. The third kappa shape index (κ3) is 3.73. The second-order valence-electron chi connectivity index (χ2n) is 5.76. The lowest BCUT2D eigenvalue weighted by atomic mass is 9.98. The van der Waals surface area contributed by atoms with E-state index < -0.39 is 0 Å². The molecule has 0 fully saturated rings. The van der Waals surface area contributed by atoms with Crippen LogP contribution in [0.15, 0.2) is 30.5 Å². The molecule has 0 saturated carbocycles. The van der Waals surface area contributed by atoms with Crippen molar-refractivity contribution in [3.05, 3.63) is 47.3 Å². The molecule has 1 amide bonds. The van der Waals surface area contributed by atoms with E-state index in [-0.39, 0.29) is 5.91 Å². The minimum atomic E-state index is -0.0610. The summed E-state index contributed by atoms with van der Waals surface area (Å²) in [6.45, 7) is 3.87. The molecule has 0 spiro atoms. The van der Waals surface area contributed by atoms with Gasteiger partial charge in [0.25, 0.3) is 5.91 Å². The Morgan fingerprint density at radius 3 is 2.83 bits per heavy atom. The second kappa shape index (κ2) is 7.31. The summed E-state index contributed by atoms with van der Waals surface area (Å²) in [6.07, 6.45) is 6.70. The molecular formula is C18H23N3O2. The first-order chi connectivity index (χ1) is 11.3. The molecular weight excluding hydrogens is 290 g/mol. The van der Waals surface area contributed by atoms with E-state index in [9.17, 15) is 4.79 Å². The molecule has 122 valence electrons. The summed E-state index contributed by atoms with van der Waals surface area (Å²) < 4.78 is 7.41. The Hall–Kier alpha value is -2.30. The Labute approximate surface area is 136 Å². The Balaban J connectivity index is 1.52. The number of aryl methyl sites for hydroxylation is 1. The molecule has 23 heavy (non-hydrogen) atoms. The molecule has 0 atom stereocenters. The first-order valence-corrected chi connectivity index (χ1v) is 8.32. The molecule has 0 aliphatic heterocycles. The third-order valence-electron chi connectivity index (χ3n) is 4.18. The number of hydrogen-bond acceptors (Lipinski definition) is 3. The van der Waals surface area contributed by atoms with Crippen molar-refractivity contribution in [1.82, 2.24) is 15.1 Å². The fourth-order valence-corrected chi connectivity index (χ4v) is 2.99. The molecule has 1 aliphatic carbocycles. The number of carbonyl (C=O) groups excluding carboxylic acids is 1. The lowest BCUT2D eigenvalue weighted by Crippen LogP contribution is -2.28. The van der Waals surface area contributed by atoms with Crippen molar-refractivity contribution in [2.24, 2.45) is 0 Å². The molecule has 5 nitrogen and oxygen atoms in total. The Kier molecular flexibility index (Phi) is 4.95. The molecule has 0 unspecified atom stereocenters. The summed E-state index contributed by atoms with van der Waals surface area (Å²) in [4.78, 5) is 12.1. The fourth-order valence-electron chi connectivity index (χ4n) is 2.99. The predicted molar refractivity (Wildman–Crippen MR) is 88.8 cm³/mol. The second-order valence-corrected chi connectivity index (χ2v) is 5.76. The minimum Gasteiger partial charge on any atom is -0.494 e. The highest BCUT2D eigenvalue weighted by Gasteiger charge is 2.14. The number of ether oxygens (including phenoxy) is 1. The van der Waals surface area contributed by atoms with Crippen molar-refractivity contribution in [2.75, 3.05) is 13.2 Å². The number of carbonyl (C=O) groups is 1. The van der Waals surface area contributed by atoms with Gasteiger partial charge < -0.3 is 10.1 Å². The van der Waals surface area contributed by atoms with Crippen LogP contribution >= 0.6 is 0 Å². The van der Waals surface area contributed by atoms with Gasteiger partial charge in [0.15, 0.2) is 0 Å². The molecule has 0 bridgehead atoms. The van der Waals surface area contributed by atoms with Crippen LogP contribution in [0.4, 0.5) is 0 Å². The van der Waals surface area contributed by atoms with Crippen molar-refractivity contribution < 1.29 is 9.53 Å². The quantitative estimate of drug-likeness (QED) is 0.892. The number of hydrogen-bond donors (Lipinski definition) is 1. The number of nitrogens with zero attached hydrogens (tertiary/aromatic N) is 2. The normalized spacial score (nSPS) is 13.4. The summed E-state index contributed by atoms with van der Waals surface area (Å²) in [5.74, 6) is 0.723. The Morgan fingerprint density at radius 2 is 2.04 bits per heavy atom. The van der Waals surface area contributed by atoms with Crippen molar-refractivity contribution in [3.63, 3.8) is 0 Å². The Morgan fingerprint density at radius 1 is 1.26 bits per heavy atom. The third-order valence-corrected chi connectivity index (χ3v) is 4.18. The highest BCUT2D eigenvalue weighted by Crippen LogP contribution is 2.20. The molecule has 1 aromatic heterocycles. The van der Waals surface area contributed by atoms with Crippen LogP contribution in [0.2, 0.25) is 0 Å². The predicted octanol–water partition coefficient (Wildman–Crippen LogP) is 2.59. The topological polar surface area (TPSA) is 56.1 Å². The molecule has 0 saturated heterocycles. The van der Waals surface area contributed by atoms with Crippen LogP contribution in [-0.4, -0.2) is 28.8 Å².